The van der Waals surface area contributed by atoms with Gasteiger partial charge in [0.1, 0.15) is 17.1 Å². The molecule has 0 spiro atoms. The van der Waals surface area contributed by atoms with Gasteiger partial charge in [0.2, 0.25) is 0 Å². The largest absolute Gasteiger partial charge is 0.497 e. The van der Waals surface area contributed by atoms with Gasteiger partial charge >= 0.3 is 0 Å². The highest BCUT2D eigenvalue weighted by atomic mass is 32.1. The maximum Gasteiger partial charge on any atom is 0.270 e. The lowest BCUT2D eigenvalue weighted by Crippen LogP contribution is -2.54. The highest BCUT2D eigenvalue weighted by Gasteiger charge is 2.35. The first kappa shape index (κ1) is 16.8. The van der Waals surface area contributed by atoms with Crippen LogP contribution in [0, 0.1) is 5.82 Å². The van der Waals surface area contributed by atoms with Crippen molar-refractivity contribution in [3.63, 3.8) is 0 Å². The van der Waals surface area contributed by atoms with Crippen molar-refractivity contribution in [2.24, 2.45) is 0 Å². The van der Waals surface area contributed by atoms with Gasteiger partial charge in [-0.1, -0.05) is 24.3 Å². The number of benzene rings is 2. The summed E-state index contributed by atoms with van der Waals surface area (Å²) in [6.07, 6.45) is 1.41. The molecule has 0 bridgehead atoms. The van der Waals surface area contributed by atoms with Crippen molar-refractivity contribution in [3.8, 4) is 5.75 Å². The lowest BCUT2D eigenvalue weighted by Gasteiger charge is -2.29. The van der Waals surface area contributed by atoms with E-state index in [1.54, 1.807) is 30.3 Å². The van der Waals surface area contributed by atoms with Gasteiger partial charge in [-0.25, -0.2) is 9.29 Å². The van der Waals surface area contributed by atoms with Gasteiger partial charge < -0.3 is 4.74 Å². The number of carbonyl (C=O) groups is 2. The van der Waals surface area contributed by atoms with Crippen molar-refractivity contribution in [2.75, 3.05) is 12.0 Å². The van der Waals surface area contributed by atoms with E-state index in [9.17, 15) is 14.0 Å². The van der Waals surface area contributed by atoms with Crippen LogP contribution in [0.3, 0.4) is 0 Å². The molecule has 126 valence electrons. The Hall–Kier alpha value is -3.06. The summed E-state index contributed by atoms with van der Waals surface area (Å²) in [5.41, 5.74) is 0.429. The maximum absolute atomic E-state index is 14.1. The predicted octanol–water partition coefficient (Wildman–Crippen LogP) is 2.67. The first-order valence-electron chi connectivity index (χ1n) is 7.31. The number of methoxy groups -OCH3 is 1. The smallest absolute Gasteiger partial charge is 0.270 e. The molecule has 1 aliphatic heterocycles. The average molecular weight is 356 g/mol. The van der Waals surface area contributed by atoms with Gasteiger partial charge in [0.25, 0.3) is 11.8 Å². The van der Waals surface area contributed by atoms with E-state index in [0.717, 1.165) is 4.90 Å². The Morgan fingerprint density at radius 2 is 1.92 bits per heavy atom. The van der Waals surface area contributed by atoms with Crippen LogP contribution in [0.1, 0.15) is 5.56 Å². The van der Waals surface area contributed by atoms with E-state index in [2.05, 4.69) is 5.32 Å². The first-order chi connectivity index (χ1) is 12.0. The number of anilines is 1. The molecule has 2 aromatic rings. The Morgan fingerprint density at radius 3 is 2.64 bits per heavy atom. The highest BCUT2D eigenvalue weighted by molar-refractivity contribution is 7.80. The standard InChI is InChI=1S/C18H13FN2O3S/c1-24-12-6-4-5-11(9-12)10-13-16(22)20-18(25)21(17(13)23)15-8-3-2-7-14(15)19/h2-10H,1H3,(H,20,22,25)/b13-10+. The molecule has 0 unspecified atom stereocenters. The average Bonchev–Trinajstić information content (AvgIpc) is 2.60. The van der Waals surface area contributed by atoms with Crippen molar-refractivity contribution in [1.82, 2.24) is 5.32 Å². The zero-order valence-electron chi connectivity index (χ0n) is 13.2. The van der Waals surface area contributed by atoms with Gasteiger partial charge in [0, 0.05) is 0 Å². The number of thiocarbonyl (C=S) groups is 1. The lowest BCUT2D eigenvalue weighted by molar-refractivity contribution is -0.122. The van der Waals surface area contributed by atoms with Crippen molar-refractivity contribution in [1.29, 1.82) is 0 Å². The van der Waals surface area contributed by atoms with Gasteiger partial charge in [0.05, 0.1) is 12.8 Å². The number of para-hydroxylation sites is 1. The van der Waals surface area contributed by atoms with Gasteiger partial charge in [-0.3, -0.25) is 14.9 Å². The van der Waals surface area contributed by atoms with Crippen molar-refractivity contribution >= 4 is 40.9 Å². The Kier molecular flexibility index (Phi) is 4.58. The minimum absolute atomic E-state index is 0.0194. The summed E-state index contributed by atoms with van der Waals surface area (Å²) in [4.78, 5) is 25.9. The van der Waals surface area contributed by atoms with E-state index in [1.165, 1.54) is 31.4 Å². The SMILES string of the molecule is COc1cccc(/C=C2\C(=O)NC(=S)N(c3ccccc3F)C2=O)c1. The molecule has 0 saturated carbocycles. The molecule has 3 rings (SSSR count). The van der Waals surface area contributed by atoms with Crippen LogP contribution in [-0.4, -0.2) is 24.0 Å². The third-order valence-electron chi connectivity index (χ3n) is 3.60. The van der Waals surface area contributed by atoms with Crippen LogP contribution in [0.5, 0.6) is 5.75 Å². The highest BCUT2D eigenvalue weighted by Crippen LogP contribution is 2.25. The quantitative estimate of drug-likeness (QED) is 0.522. The minimum atomic E-state index is -0.693. The zero-order valence-corrected chi connectivity index (χ0v) is 14.0. The van der Waals surface area contributed by atoms with Crippen LogP contribution >= 0.6 is 12.2 Å². The molecule has 0 radical (unpaired) electrons. The number of hydrogen-bond acceptors (Lipinski definition) is 4. The van der Waals surface area contributed by atoms with Gasteiger partial charge in [-0.05, 0) is 48.1 Å². The van der Waals surface area contributed by atoms with Crippen molar-refractivity contribution < 1.29 is 18.7 Å². The van der Waals surface area contributed by atoms with Crippen molar-refractivity contribution in [2.45, 2.75) is 0 Å². The van der Waals surface area contributed by atoms with Gasteiger partial charge in [-0.15, -0.1) is 0 Å². The fraction of sp³-hybridized carbons (Fsp3) is 0.0556. The van der Waals surface area contributed by atoms with E-state index in [-0.39, 0.29) is 16.4 Å². The van der Waals surface area contributed by atoms with Gasteiger partial charge in [-0.2, -0.15) is 0 Å². The van der Waals surface area contributed by atoms with Crippen LogP contribution < -0.4 is 15.0 Å². The Balaban J connectivity index is 2.04. The third kappa shape index (κ3) is 3.27. The van der Waals surface area contributed by atoms with Crippen LogP contribution in [0.15, 0.2) is 54.1 Å². The molecule has 7 heteroatoms. The summed E-state index contributed by atoms with van der Waals surface area (Å²) < 4.78 is 19.2. The molecule has 1 N–H and O–H groups in total. The van der Waals surface area contributed by atoms with Crippen LogP contribution in [0.4, 0.5) is 10.1 Å². The van der Waals surface area contributed by atoms with E-state index < -0.39 is 17.6 Å². The van der Waals surface area contributed by atoms with E-state index in [1.807, 2.05) is 0 Å². The third-order valence-corrected chi connectivity index (χ3v) is 3.88. The second-order valence-corrected chi connectivity index (χ2v) is 5.57. The molecule has 1 saturated heterocycles. The second kappa shape index (κ2) is 6.82. The molecule has 2 aromatic carbocycles. The molecule has 1 aliphatic rings. The molecule has 2 amide bonds. The Labute approximate surface area is 148 Å². The number of ether oxygens (including phenoxy) is 1. The number of hydrogen-bond donors (Lipinski definition) is 1. The van der Waals surface area contributed by atoms with Crippen LogP contribution in [0.25, 0.3) is 6.08 Å². The molecular formula is C18H13FN2O3S. The fourth-order valence-corrected chi connectivity index (χ4v) is 2.68. The Morgan fingerprint density at radius 1 is 1.16 bits per heavy atom. The van der Waals surface area contributed by atoms with Crippen LogP contribution in [-0.2, 0) is 9.59 Å². The second-order valence-electron chi connectivity index (χ2n) is 5.19. The molecular weight excluding hydrogens is 343 g/mol. The van der Waals surface area contributed by atoms with E-state index in [4.69, 9.17) is 17.0 Å². The Bertz CT molecular complexity index is 911. The topological polar surface area (TPSA) is 58.6 Å². The molecule has 1 heterocycles. The summed E-state index contributed by atoms with van der Waals surface area (Å²) in [5, 5.41) is 2.25. The predicted molar refractivity (Wildman–Crippen MR) is 95.6 cm³/mol. The normalized spacial score (nSPS) is 16.2. The summed E-state index contributed by atoms with van der Waals surface area (Å²) in [7, 11) is 1.52. The molecule has 0 aromatic heterocycles. The number of halogens is 1. The number of carbonyl (C=O) groups excluding carboxylic acids is 2. The fourth-order valence-electron chi connectivity index (χ4n) is 2.41. The van der Waals surface area contributed by atoms with Gasteiger partial charge in [0.15, 0.2) is 5.11 Å². The molecule has 0 atom stereocenters. The monoisotopic (exact) mass is 356 g/mol. The first-order valence-corrected chi connectivity index (χ1v) is 7.72. The summed E-state index contributed by atoms with van der Waals surface area (Å²) in [5.74, 6) is -1.36. The summed E-state index contributed by atoms with van der Waals surface area (Å²) in [6, 6.07) is 12.6. The number of amides is 2. The molecule has 25 heavy (non-hydrogen) atoms. The minimum Gasteiger partial charge on any atom is -0.497 e. The number of rotatable bonds is 3. The lowest BCUT2D eigenvalue weighted by atomic mass is 10.1. The van der Waals surface area contributed by atoms with E-state index >= 15 is 0 Å². The van der Waals surface area contributed by atoms with E-state index in [0.29, 0.717) is 11.3 Å². The molecule has 5 nitrogen and oxygen atoms in total. The molecule has 1 fully saturated rings. The van der Waals surface area contributed by atoms with Crippen molar-refractivity contribution in [3.05, 3.63) is 65.5 Å². The maximum atomic E-state index is 14.1. The zero-order chi connectivity index (χ0) is 18.0. The summed E-state index contributed by atoms with van der Waals surface area (Å²) >= 11 is 5.04. The molecule has 0 aliphatic carbocycles. The van der Waals surface area contributed by atoms with Crippen LogP contribution in [0.2, 0.25) is 0 Å². The number of nitrogens with zero attached hydrogens (tertiary/aromatic N) is 1. The summed E-state index contributed by atoms with van der Waals surface area (Å²) in [6.45, 7) is 0. The number of nitrogens with one attached hydrogen (secondary N) is 1.